The predicted molar refractivity (Wildman–Crippen MR) is 81.5 cm³/mol. The van der Waals surface area contributed by atoms with Gasteiger partial charge in [0.25, 0.3) is 0 Å². The zero-order valence-corrected chi connectivity index (χ0v) is 13.1. The van der Waals surface area contributed by atoms with Gasteiger partial charge in [-0.15, -0.1) is 11.8 Å². The van der Waals surface area contributed by atoms with Crippen molar-refractivity contribution >= 4 is 33.5 Å². The molecule has 2 aromatic rings. The van der Waals surface area contributed by atoms with E-state index in [1.165, 1.54) is 0 Å². The van der Waals surface area contributed by atoms with Gasteiger partial charge in [-0.3, -0.25) is 4.79 Å². The topological polar surface area (TPSA) is 34.9 Å². The number of hydrogen-bond acceptors (Lipinski definition) is 3. The molecule has 3 nitrogen and oxygen atoms in total. The van der Waals surface area contributed by atoms with Crippen LogP contribution < -0.4 is 0 Å². The Hall–Kier alpha value is -1.07. The molecule has 0 atom stereocenters. The van der Waals surface area contributed by atoms with Crippen LogP contribution in [-0.4, -0.2) is 21.1 Å². The fraction of sp³-hybridized carbons (Fsp3) is 0.286. The molecule has 0 bridgehead atoms. The van der Waals surface area contributed by atoms with E-state index in [0.717, 1.165) is 21.7 Å². The third kappa shape index (κ3) is 4.21. The number of carbonyl (C=O) groups excluding carboxylic acids is 1. The fourth-order valence-electron chi connectivity index (χ4n) is 1.74. The highest BCUT2D eigenvalue weighted by Gasteiger charge is 2.09. The summed E-state index contributed by atoms with van der Waals surface area (Å²) in [6.45, 7) is 2.90. The van der Waals surface area contributed by atoms with E-state index in [0.29, 0.717) is 12.2 Å². The molecule has 0 radical (unpaired) electrons. The Bertz CT molecular complexity index is 568. The quantitative estimate of drug-likeness (QED) is 0.755. The molecule has 0 aliphatic carbocycles. The van der Waals surface area contributed by atoms with E-state index in [1.54, 1.807) is 18.0 Å². The predicted octanol–water partition coefficient (Wildman–Crippen LogP) is 3.57. The summed E-state index contributed by atoms with van der Waals surface area (Å²) in [4.78, 5) is 17.3. The maximum absolute atomic E-state index is 12.0. The van der Waals surface area contributed by atoms with E-state index in [2.05, 4.69) is 20.9 Å². The van der Waals surface area contributed by atoms with Gasteiger partial charge in [0, 0.05) is 28.3 Å². The van der Waals surface area contributed by atoms with Gasteiger partial charge in [0.15, 0.2) is 5.78 Å². The Balaban J connectivity index is 1.88. The summed E-state index contributed by atoms with van der Waals surface area (Å²) in [5.74, 6) is 1.53. The van der Waals surface area contributed by atoms with E-state index in [4.69, 9.17) is 0 Å². The van der Waals surface area contributed by atoms with Crippen LogP contribution in [0.25, 0.3) is 0 Å². The van der Waals surface area contributed by atoms with Gasteiger partial charge in [-0.25, -0.2) is 4.98 Å². The van der Waals surface area contributed by atoms with Crippen LogP contribution in [0.3, 0.4) is 0 Å². The number of nitrogens with zero attached hydrogens (tertiary/aromatic N) is 2. The zero-order chi connectivity index (χ0) is 13.7. The standard InChI is InChI=1S/C14H15BrN2OS/c1-2-17-7-6-16-14(17)9-12(18)10-19-13-5-3-4-11(15)8-13/h3-8H,2,9-10H2,1H3. The number of benzene rings is 1. The van der Waals surface area contributed by atoms with Crippen LogP contribution in [0.4, 0.5) is 0 Å². The maximum atomic E-state index is 12.0. The Morgan fingerprint density at radius 3 is 3.05 bits per heavy atom. The Labute approximate surface area is 125 Å². The summed E-state index contributed by atoms with van der Waals surface area (Å²) in [5, 5.41) is 0. The van der Waals surface area contributed by atoms with Crippen LogP contribution in [-0.2, 0) is 17.8 Å². The number of Topliss-reactive ketones (excluding diaryl/α,β-unsaturated/α-hetero) is 1. The lowest BCUT2D eigenvalue weighted by Crippen LogP contribution is -2.11. The summed E-state index contributed by atoms with van der Waals surface area (Å²) in [7, 11) is 0. The number of aromatic nitrogens is 2. The van der Waals surface area contributed by atoms with E-state index >= 15 is 0 Å². The summed E-state index contributed by atoms with van der Waals surface area (Å²) < 4.78 is 3.04. The fourth-order valence-corrected chi connectivity index (χ4v) is 3.11. The van der Waals surface area contributed by atoms with Gasteiger partial charge in [-0.2, -0.15) is 0 Å². The second-order valence-electron chi connectivity index (χ2n) is 4.09. The van der Waals surface area contributed by atoms with Crippen molar-refractivity contribution in [2.24, 2.45) is 0 Å². The molecule has 2 rings (SSSR count). The molecule has 1 aromatic heterocycles. The van der Waals surface area contributed by atoms with Crippen molar-refractivity contribution in [3.63, 3.8) is 0 Å². The minimum absolute atomic E-state index is 0.200. The summed E-state index contributed by atoms with van der Waals surface area (Å²) >= 11 is 4.99. The van der Waals surface area contributed by atoms with E-state index in [-0.39, 0.29) is 5.78 Å². The SMILES string of the molecule is CCn1ccnc1CC(=O)CSc1cccc(Br)c1. The van der Waals surface area contributed by atoms with Crippen molar-refractivity contribution in [2.75, 3.05) is 5.75 Å². The molecule has 1 aromatic carbocycles. The van der Waals surface area contributed by atoms with Crippen LogP contribution in [0.2, 0.25) is 0 Å². The Morgan fingerprint density at radius 1 is 1.47 bits per heavy atom. The smallest absolute Gasteiger partial charge is 0.150 e. The third-order valence-corrected chi connectivity index (χ3v) is 4.24. The number of halogens is 1. The molecular formula is C14H15BrN2OS. The van der Waals surface area contributed by atoms with Crippen LogP contribution in [0.15, 0.2) is 46.0 Å². The average Bonchev–Trinajstić information content (AvgIpc) is 2.84. The highest BCUT2D eigenvalue weighted by molar-refractivity contribution is 9.10. The first kappa shape index (κ1) is 14.3. The van der Waals surface area contributed by atoms with Crippen molar-refractivity contribution in [3.8, 4) is 0 Å². The maximum Gasteiger partial charge on any atom is 0.150 e. The largest absolute Gasteiger partial charge is 0.335 e. The lowest BCUT2D eigenvalue weighted by molar-refractivity contribution is -0.116. The van der Waals surface area contributed by atoms with E-state index < -0.39 is 0 Å². The monoisotopic (exact) mass is 338 g/mol. The van der Waals surface area contributed by atoms with Gasteiger partial charge in [0.05, 0.1) is 12.2 Å². The van der Waals surface area contributed by atoms with Gasteiger partial charge in [0.2, 0.25) is 0 Å². The van der Waals surface area contributed by atoms with Crippen molar-refractivity contribution in [3.05, 3.63) is 47.0 Å². The normalized spacial score (nSPS) is 10.6. The minimum atomic E-state index is 0.200. The first-order valence-corrected chi connectivity index (χ1v) is 7.87. The molecule has 0 saturated heterocycles. The highest BCUT2D eigenvalue weighted by Crippen LogP contribution is 2.22. The molecular weight excluding hydrogens is 324 g/mol. The molecule has 5 heteroatoms. The molecule has 0 aliphatic rings. The number of ketones is 1. The first-order chi connectivity index (χ1) is 9.19. The van der Waals surface area contributed by atoms with E-state index in [9.17, 15) is 4.79 Å². The molecule has 0 spiro atoms. The van der Waals surface area contributed by atoms with Gasteiger partial charge in [-0.1, -0.05) is 22.0 Å². The van der Waals surface area contributed by atoms with Gasteiger partial charge < -0.3 is 4.57 Å². The number of carbonyl (C=O) groups is 1. The highest BCUT2D eigenvalue weighted by atomic mass is 79.9. The molecule has 100 valence electrons. The molecule has 0 N–H and O–H groups in total. The molecule has 0 saturated carbocycles. The van der Waals surface area contributed by atoms with Crippen LogP contribution in [0, 0.1) is 0 Å². The minimum Gasteiger partial charge on any atom is -0.335 e. The zero-order valence-electron chi connectivity index (χ0n) is 10.7. The number of thioether (sulfide) groups is 1. The Kier molecular flexibility index (Phi) is 5.22. The number of aryl methyl sites for hydroxylation is 1. The second kappa shape index (κ2) is 6.91. The van der Waals surface area contributed by atoms with Crippen molar-refractivity contribution in [1.29, 1.82) is 0 Å². The second-order valence-corrected chi connectivity index (χ2v) is 6.06. The molecule has 0 aliphatic heterocycles. The van der Waals surface area contributed by atoms with E-state index in [1.807, 2.05) is 42.0 Å². The third-order valence-electron chi connectivity index (χ3n) is 2.69. The van der Waals surface area contributed by atoms with Crippen molar-refractivity contribution in [2.45, 2.75) is 24.8 Å². The van der Waals surface area contributed by atoms with Crippen LogP contribution in [0.5, 0.6) is 0 Å². The summed E-state index contributed by atoms with van der Waals surface area (Å²) in [6.07, 6.45) is 4.06. The van der Waals surface area contributed by atoms with Gasteiger partial charge in [0.1, 0.15) is 5.82 Å². The number of imidazole rings is 1. The van der Waals surface area contributed by atoms with Gasteiger partial charge in [-0.05, 0) is 25.1 Å². The molecule has 0 amide bonds. The Morgan fingerprint density at radius 2 is 2.32 bits per heavy atom. The molecule has 0 unspecified atom stereocenters. The summed E-state index contributed by atoms with van der Waals surface area (Å²) in [6, 6.07) is 7.98. The van der Waals surface area contributed by atoms with Crippen molar-refractivity contribution in [1.82, 2.24) is 9.55 Å². The first-order valence-electron chi connectivity index (χ1n) is 6.09. The van der Waals surface area contributed by atoms with Crippen LogP contribution >= 0.6 is 27.7 Å². The van der Waals surface area contributed by atoms with Crippen molar-refractivity contribution < 1.29 is 4.79 Å². The lowest BCUT2D eigenvalue weighted by Gasteiger charge is -2.04. The molecule has 0 fully saturated rings. The summed E-state index contributed by atoms with van der Waals surface area (Å²) in [5.41, 5.74) is 0. The number of rotatable bonds is 6. The van der Waals surface area contributed by atoms with Gasteiger partial charge >= 0.3 is 0 Å². The lowest BCUT2D eigenvalue weighted by atomic mass is 10.3. The molecule has 1 heterocycles. The number of hydrogen-bond donors (Lipinski definition) is 0. The molecule has 19 heavy (non-hydrogen) atoms. The van der Waals surface area contributed by atoms with Crippen LogP contribution in [0.1, 0.15) is 12.7 Å². The average molecular weight is 339 g/mol.